The van der Waals surface area contributed by atoms with Crippen LogP contribution < -0.4 is 4.90 Å². The van der Waals surface area contributed by atoms with Gasteiger partial charge in [0.05, 0.1) is 11.0 Å². The van der Waals surface area contributed by atoms with Crippen molar-refractivity contribution in [2.24, 2.45) is 0 Å². The Bertz CT molecular complexity index is 2810. The van der Waals surface area contributed by atoms with Crippen LogP contribution in [0.3, 0.4) is 0 Å². The maximum absolute atomic E-state index is 2.38. The van der Waals surface area contributed by atoms with Crippen LogP contribution in [0, 0.1) is 0 Å². The molecule has 0 spiro atoms. The zero-order valence-corrected chi connectivity index (χ0v) is 30.8. The van der Waals surface area contributed by atoms with Crippen molar-refractivity contribution in [1.29, 1.82) is 0 Å². The predicted molar refractivity (Wildman–Crippen MR) is 237 cm³/mol. The molecule has 264 valence electrons. The zero-order chi connectivity index (χ0) is 37.3. The molecule has 0 saturated heterocycles. The van der Waals surface area contributed by atoms with E-state index in [4.69, 9.17) is 0 Å². The molecule has 2 nitrogen and oxygen atoms in total. The smallest absolute Gasteiger partial charge is 0.0547 e. The van der Waals surface area contributed by atoms with Crippen LogP contribution >= 0.6 is 0 Å². The summed E-state index contributed by atoms with van der Waals surface area (Å²) < 4.78 is 2.38. The molecule has 0 fully saturated rings. The average molecular weight is 715 g/mol. The first kappa shape index (κ1) is 33.2. The Labute approximate surface area is 327 Å². The highest BCUT2D eigenvalue weighted by Gasteiger charge is 2.15. The summed E-state index contributed by atoms with van der Waals surface area (Å²) in [4.78, 5) is 2.33. The summed E-state index contributed by atoms with van der Waals surface area (Å²) in [5, 5.41) is 2.53. The van der Waals surface area contributed by atoms with E-state index in [1.54, 1.807) is 0 Å². The molecule has 0 aliphatic rings. The summed E-state index contributed by atoms with van der Waals surface area (Å²) in [6.45, 7) is 0. The summed E-state index contributed by atoms with van der Waals surface area (Å²) >= 11 is 0. The molecule has 0 aliphatic heterocycles. The number of fused-ring (bicyclic) bond motifs is 3. The molecule has 0 aliphatic carbocycles. The van der Waals surface area contributed by atoms with Crippen molar-refractivity contribution in [3.63, 3.8) is 0 Å². The van der Waals surface area contributed by atoms with E-state index in [0.717, 1.165) is 17.1 Å². The summed E-state index contributed by atoms with van der Waals surface area (Å²) in [5.41, 5.74) is 16.5. The summed E-state index contributed by atoms with van der Waals surface area (Å²) in [5.74, 6) is 0. The highest BCUT2D eigenvalue weighted by atomic mass is 15.1. The first-order valence-electron chi connectivity index (χ1n) is 19.2. The Hall–Kier alpha value is -7.42. The Balaban J connectivity index is 0.966. The molecule has 10 rings (SSSR count). The second-order valence-electron chi connectivity index (χ2n) is 14.2. The van der Waals surface area contributed by atoms with E-state index in [9.17, 15) is 0 Å². The number of para-hydroxylation sites is 2. The SMILES string of the molecule is c1ccc(-c2ccc(N(c3ccc(-c4ccccc4)cc3)c3ccc(-c4ccc(-c5ccc6c7ccccc7n(-c7ccccc7)c6c5)cc4)cc3)cc2)cc1. The van der Waals surface area contributed by atoms with Gasteiger partial charge < -0.3 is 9.47 Å². The molecule has 56 heavy (non-hydrogen) atoms. The van der Waals surface area contributed by atoms with Gasteiger partial charge in [-0.25, -0.2) is 0 Å². The molecule has 0 N–H and O–H groups in total. The van der Waals surface area contributed by atoms with Crippen molar-refractivity contribution in [3.8, 4) is 50.2 Å². The van der Waals surface area contributed by atoms with E-state index in [1.807, 2.05) is 0 Å². The summed E-state index contributed by atoms with van der Waals surface area (Å²) in [6, 6.07) is 82.9. The van der Waals surface area contributed by atoms with Gasteiger partial charge in [0.2, 0.25) is 0 Å². The lowest BCUT2D eigenvalue weighted by atomic mass is 9.99. The molecule has 0 saturated carbocycles. The topological polar surface area (TPSA) is 8.17 Å². The van der Waals surface area contributed by atoms with Crippen LogP contribution in [-0.4, -0.2) is 4.57 Å². The Morgan fingerprint density at radius 2 is 0.589 bits per heavy atom. The van der Waals surface area contributed by atoms with E-state index in [0.29, 0.717) is 0 Å². The fraction of sp³-hybridized carbons (Fsp3) is 0. The minimum Gasteiger partial charge on any atom is -0.311 e. The van der Waals surface area contributed by atoms with Crippen LogP contribution in [0.5, 0.6) is 0 Å². The van der Waals surface area contributed by atoms with Gasteiger partial charge in [0.15, 0.2) is 0 Å². The highest BCUT2D eigenvalue weighted by Crippen LogP contribution is 2.39. The Morgan fingerprint density at radius 1 is 0.250 bits per heavy atom. The van der Waals surface area contributed by atoms with Crippen LogP contribution in [0.2, 0.25) is 0 Å². The molecule has 9 aromatic carbocycles. The normalized spacial score (nSPS) is 11.2. The van der Waals surface area contributed by atoms with Crippen LogP contribution in [0.4, 0.5) is 17.1 Å². The number of nitrogens with zero attached hydrogens (tertiary/aromatic N) is 2. The maximum atomic E-state index is 2.38. The van der Waals surface area contributed by atoms with Crippen molar-refractivity contribution in [3.05, 3.63) is 231 Å². The highest BCUT2D eigenvalue weighted by molar-refractivity contribution is 6.10. The van der Waals surface area contributed by atoms with Crippen LogP contribution in [0.25, 0.3) is 72.0 Å². The number of benzene rings is 9. The molecule has 0 atom stereocenters. The number of hydrogen-bond acceptors (Lipinski definition) is 1. The van der Waals surface area contributed by atoms with Gasteiger partial charge in [-0.15, -0.1) is 0 Å². The fourth-order valence-corrected chi connectivity index (χ4v) is 7.98. The van der Waals surface area contributed by atoms with Gasteiger partial charge in [-0.05, 0) is 105 Å². The van der Waals surface area contributed by atoms with Gasteiger partial charge in [-0.1, -0.05) is 170 Å². The Kier molecular flexibility index (Phi) is 8.55. The maximum Gasteiger partial charge on any atom is 0.0547 e. The van der Waals surface area contributed by atoms with Crippen LogP contribution in [0.1, 0.15) is 0 Å². The van der Waals surface area contributed by atoms with Gasteiger partial charge in [0.25, 0.3) is 0 Å². The second-order valence-corrected chi connectivity index (χ2v) is 14.2. The second kappa shape index (κ2) is 14.4. The van der Waals surface area contributed by atoms with E-state index in [2.05, 4.69) is 240 Å². The van der Waals surface area contributed by atoms with Crippen LogP contribution in [-0.2, 0) is 0 Å². The molecule has 0 amide bonds. The first-order chi connectivity index (χ1) is 27.8. The molecule has 0 radical (unpaired) electrons. The lowest BCUT2D eigenvalue weighted by Gasteiger charge is -2.26. The number of anilines is 3. The third-order valence-corrected chi connectivity index (χ3v) is 10.8. The number of aromatic nitrogens is 1. The molecular formula is C54H38N2. The predicted octanol–water partition coefficient (Wildman–Crippen LogP) is 14.9. The zero-order valence-electron chi connectivity index (χ0n) is 30.8. The monoisotopic (exact) mass is 714 g/mol. The van der Waals surface area contributed by atoms with Gasteiger partial charge >= 0.3 is 0 Å². The van der Waals surface area contributed by atoms with E-state index in [1.165, 1.54) is 72.0 Å². The fourth-order valence-electron chi connectivity index (χ4n) is 7.98. The molecule has 1 aromatic heterocycles. The van der Waals surface area contributed by atoms with Gasteiger partial charge in [0.1, 0.15) is 0 Å². The van der Waals surface area contributed by atoms with Gasteiger partial charge in [-0.2, -0.15) is 0 Å². The van der Waals surface area contributed by atoms with E-state index >= 15 is 0 Å². The standard InChI is InChI=1S/C54H38N2/c1-4-12-39(13-5-1)42-24-31-48(32-25-42)55(49-33-26-43(27-34-49)40-14-6-2-7-15-40)50-35-28-44(29-36-50)41-20-22-45(23-21-41)46-30-37-52-51-18-10-11-19-53(51)56(54(52)38-46)47-16-8-3-9-17-47/h1-38H. The lowest BCUT2D eigenvalue weighted by molar-refractivity contribution is 1.18. The molecule has 1 heterocycles. The summed E-state index contributed by atoms with van der Waals surface area (Å²) in [6.07, 6.45) is 0. The van der Waals surface area contributed by atoms with Gasteiger partial charge in [0, 0.05) is 33.5 Å². The molecule has 0 bridgehead atoms. The van der Waals surface area contributed by atoms with Crippen molar-refractivity contribution in [2.75, 3.05) is 4.90 Å². The minimum atomic E-state index is 1.10. The van der Waals surface area contributed by atoms with Crippen molar-refractivity contribution >= 4 is 38.9 Å². The molecule has 2 heteroatoms. The van der Waals surface area contributed by atoms with E-state index < -0.39 is 0 Å². The molecule has 10 aromatic rings. The quantitative estimate of drug-likeness (QED) is 0.152. The molecule has 0 unspecified atom stereocenters. The third kappa shape index (κ3) is 6.24. The number of rotatable bonds is 8. The Morgan fingerprint density at radius 3 is 1.07 bits per heavy atom. The van der Waals surface area contributed by atoms with E-state index in [-0.39, 0.29) is 0 Å². The van der Waals surface area contributed by atoms with Crippen molar-refractivity contribution in [1.82, 2.24) is 4.57 Å². The van der Waals surface area contributed by atoms with Gasteiger partial charge in [-0.3, -0.25) is 0 Å². The largest absolute Gasteiger partial charge is 0.311 e. The average Bonchev–Trinajstić information content (AvgIpc) is 3.62. The first-order valence-corrected chi connectivity index (χ1v) is 19.2. The lowest BCUT2D eigenvalue weighted by Crippen LogP contribution is -2.09. The number of hydrogen-bond donors (Lipinski definition) is 0. The third-order valence-electron chi connectivity index (χ3n) is 10.8. The van der Waals surface area contributed by atoms with Crippen LogP contribution in [0.15, 0.2) is 231 Å². The summed E-state index contributed by atoms with van der Waals surface area (Å²) in [7, 11) is 0. The molecular weight excluding hydrogens is 677 g/mol. The van der Waals surface area contributed by atoms with Crippen molar-refractivity contribution in [2.45, 2.75) is 0 Å². The van der Waals surface area contributed by atoms with Crippen molar-refractivity contribution < 1.29 is 0 Å². The minimum absolute atomic E-state index is 1.10.